The summed E-state index contributed by atoms with van der Waals surface area (Å²) in [7, 11) is 1.83. The Bertz CT molecular complexity index is 719. The molecule has 0 spiro atoms. The van der Waals surface area contributed by atoms with Gasteiger partial charge in [-0.15, -0.1) is 0 Å². The van der Waals surface area contributed by atoms with E-state index in [0.29, 0.717) is 0 Å². The van der Waals surface area contributed by atoms with Gasteiger partial charge in [0.15, 0.2) is 0 Å². The number of nitrogens with zero attached hydrogens (tertiary/aromatic N) is 1. The van der Waals surface area contributed by atoms with E-state index in [0.717, 1.165) is 19.4 Å². The van der Waals surface area contributed by atoms with Crippen LogP contribution in [-0.2, 0) is 17.6 Å². The molecular weight excluding hydrogens is 318 g/mol. The van der Waals surface area contributed by atoms with E-state index in [4.69, 9.17) is 0 Å². The number of amides is 1. The molecule has 0 fully saturated rings. The second kappa shape index (κ2) is 10.8. The van der Waals surface area contributed by atoms with Crippen LogP contribution in [0, 0.1) is 0 Å². The first-order chi connectivity index (χ1) is 12.6. The zero-order chi connectivity index (χ0) is 18.8. The van der Waals surface area contributed by atoms with Gasteiger partial charge in [0.05, 0.1) is 0 Å². The molecule has 0 saturated heterocycles. The fraction of sp³-hybridized carbons (Fsp3) is 0.458. The Hall–Kier alpha value is -2.09. The monoisotopic (exact) mass is 351 g/mol. The molecule has 2 rings (SSSR count). The van der Waals surface area contributed by atoms with E-state index in [1.165, 1.54) is 66.5 Å². The summed E-state index contributed by atoms with van der Waals surface area (Å²) in [5, 5.41) is 2.64. The van der Waals surface area contributed by atoms with E-state index in [1.54, 1.807) is 4.90 Å². The molecule has 0 bridgehead atoms. The Labute approximate surface area is 158 Å². The highest BCUT2D eigenvalue weighted by Crippen LogP contribution is 2.20. The first kappa shape index (κ1) is 20.2. The average molecular weight is 352 g/mol. The molecule has 0 atom stereocenters. The number of rotatable bonds is 11. The SMILES string of the molecule is C=CC(=O)N(C)CCCc1ccc2cc(CCCCCCC)ccc2c1. The Kier molecular flexibility index (Phi) is 8.40. The van der Waals surface area contributed by atoms with Gasteiger partial charge in [-0.2, -0.15) is 0 Å². The lowest BCUT2D eigenvalue weighted by Crippen LogP contribution is -2.25. The largest absolute Gasteiger partial charge is 0.342 e. The zero-order valence-corrected chi connectivity index (χ0v) is 16.5. The van der Waals surface area contributed by atoms with Gasteiger partial charge in [0.25, 0.3) is 0 Å². The molecule has 0 radical (unpaired) electrons. The van der Waals surface area contributed by atoms with E-state index in [1.807, 2.05) is 7.05 Å². The summed E-state index contributed by atoms with van der Waals surface area (Å²) in [5.74, 6) is -0.00858. The van der Waals surface area contributed by atoms with Crippen molar-refractivity contribution in [2.75, 3.05) is 13.6 Å². The molecular formula is C24H33NO. The van der Waals surface area contributed by atoms with E-state index in [2.05, 4.69) is 49.9 Å². The van der Waals surface area contributed by atoms with Crippen molar-refractivity contribution in [2.24, 2.45) is 0 Å². The number of hydrogen-bond acceptors (Lipinski definition) is 1. The number of aryl methyl sites for hydroxylation is 2. The number of unbranched alkanes of at least 4 members (excludes halogenated alkanes) is 4. The maximum atomic E-state index is 11.5. The highest BCUT2D eigenvalue weighted by molar-refractivity contribution is 5.86. The maximum Gasteiger partial charge on any atom is 0.245 e. The fourth-order valence-corrected chi connectivity index (χ4v) is 3.37. The van der Waals surface area contributed by atoms with E-state index in [9.17, 15) is 4.79 Å². The van der Waals surface area contributed by atoms with Gasteiger partial charge < -0.3 is 4.90 Å². The molecule has 2 nitrogen and oxygen atoms in total. The van der Waals surface area contributed by atoms with Crippen molar-refractivity contribution in [2.45, 2.75) is 58.3 Å². The van der Waals surface area contributed by atoms with Crippen molar-refractivity contribution in [3.8, 4) is 0 Å². The van der Waals surface area contributed by atoms with Crippen molar-refractivity contribution >= 4 is 16.7 Å². The first-order valence-electron chi connectivity index (χ1n) is 10.0. The molecule has 0 aliphatic rings. The van der Waals surface area contributed by atoms with Crippen molar-refractivity contribution in [3.63, 3.8) is 0 Å². The Morgan fingerprint density at radius 3 is 2.08 bits per heavy atom. The maximum absolute atomic E-state index is 11.5. The Morgan fingerprint density at radius 2 is 1.50 bits per heavy atom. The lowest BCUT2D eigenvalue weighted by Gasteiger charge is -2.14. The van der Waals surface area contributed by atoms with Gasteiger partial charge in [-0.25, -0.2) is 0 Å². The highest BCUT2D eigenvalue weighted by Gasteiger charge is 2.04. The van der Waals surface area contributed by atoms with Crippen LogP contribution in [0.1, 0.15) is 56.6 Å². The molecule has 0 saturated carbocycles. The van der Waals surface area contributed by atoms with E-state index in [-0.39, 0.29) is 5.91 Å². The summed E-state index contributed by atoms with van der Waals surface area (Å²) in [4.78, 5) is 13.2. The molecule has 0 unspecified atom stereocenters. The summed E-state index contributed by atoms with van der Waals surface area (Å²) in [5.41, 5.74) is 2.79. The Morgan fingerprint density at radius 1 is 0.923 bits per heavy atom. The molecule has 0 heterocycles. The van der Waals surface area contributed by atoms with Gasteiger partial charge in [-0.05, 0) is 53.7 Å². The fourth-order valence-electron chi connectivity index (χ4n) is 3.37. The number of benzene rings is 2. The average Bonchev–Trinajstić information content (AvgIpc) is 2.67. The minimum absolute atomic E-state index is 0.00858. The lowest BCUT2D eigenvalue weighted by molar-refractivity contribution is -0.124. The lowest BCUT2D eigenvalue weighted by atomic mass is 9.99. The number of carbonyl (C=O) groups is 1. The second-order valence-corrected chi connectivity index (χ2v) is 7.25. The third kappa shape index (κ3) is 6.33. The molecule has 140 valence electrons. The molecule has 1 amide bonds. The van der Waals surface area contributed by atoms with Crippen LogP contribution >= 0.6 is 0 Å². The van der Waals surface area contributed by atoms with Gasteiger partial charge in [0.2, 0.25) is 5.91 Å². The van der Waals surface area contributed by atoms with Crippen LogP contribution < -0.4 is 0 Å². The zero-order valence-electron chi connectivity index (χ0n) is 16.5. The second-order valence-electron chi connectivity index (χ2n) is 7.25. The molecule has 0 aliphatic carbocycles. The van der Waals surface area contributed by atoms with Gasteiger partial charge >= 0.3 is 0 Å². The summed E-state index contributed by atoms with van der Waals surface area (Å²) in [6, 6.07) is 13.6. The van der Waals surface area contributed by atoms with E-state index < -0.39 is 0 Å². The van der Waals surface area contributed by atoms with Crippen LogP contribution in [0.25, 0.3) is 10.8 Å². The molecule has 2 aromatic rings. The minimum Gasteiger partial charge on any atom is -0.342 e. The number of fused-ring (bicyclic) bond motifs is 1. The summed E-state index contributed by atoms with van der Waals surface area (Å²) >= 11 is 0. The molecule has 26 heavy (non-hydrogen) atoms. The molecule has 2 aromatic carbocycles. The quantitative estimate of drug-likeness (QED) is 0.363. The highest BCUT2D eigenvalue weighted by atomic mass is 16.2. The normalized spacial score (nSPS) is 10.8. The van der Waals surface area contributed by atoms with Crippen molar-refractivity contribution in [1.82, 2.24) is 4.90 Å². The summed E-state index contributed by atoms with van der Waals surface area (Å²) in [6.45, 7) is 6.55. The van der Waals surface area contributed by atoms with Crippen molar-refractivity contribution < 1.29 is 4.79 Å². The van der Waals surface area contributed by atoms with Gasteiger partial charge in [-0.1, -0.05) is 75.6 Å². The van der Waals surface area contributed by atoms with E-state index >= 15 is 0 Å². The smallest absolute Gasteiger partial charge is 0.245 e. The van der Waals surface area contributed by atoms with Crippen LogP contribution in [-0.4, -0.2) is 24.4 Å². The molecule has 2 heteroatoms. The third-order valence-electron chi connectivity index (χ3n) is 5.05. The van der Waals surface area contributed by atoms with Crippen LogP contribution in [0.4, 0.5) is 0 Å². The first-order valence-corrected chi connectivity index (χ1v) is 10.0. The minimum atomic E-state index is -0.00858. The molecule has 0 N–H and O–H groups in total. The van der Waals surface area contributed by atoms with Crippen molar-refractivity contribution in [1.29, 1.82) is 0 Å². The predicted molar refractivity (Wildman–Crippen MR) is 113 cm³/mol. The van der Waals surface area contributed by atoms with Gasteiger partial charge in [0.1, 0.15) is 0 Å². The number of carbonyl (C=O) groups excluding carboxylic acids is 1. The van der Waals surface area contributed by atoms with Crippen LogP contribution in [0.3, 0.4) is 0 Å². The van der Waals surface area contributed by atoms with Crippen LogP contribution in [0.15, 0.2) is 49.1 Å². The standard InChI is InChI=1S/C24H33NO/c1-4-6-7-8-9-11-20-13-15-23-19-21(14-16-22(23)18-20)12-10-17-25(3)24(26)5-2/h5,13-16,18-19H,2,4,6-12,17H2,1,3H3. The van der Waals surface area contributed by atoms with Crippen LogP contribution in [0.2, 0.25) is 0 Å². The number of hydrogen-bond donors (Lipinski definition) is 0. The van der Waals surface area contributed by atoms with Crippen molar-refractivity contribution in [3.05, 3.63) is 60.2 Å². The molecule has 0 aliphatic heterocycles. The summed E-state index contributed by atoms with van der Waals surface area (Å²) < 4.78 is 0. The summed E-state index contributed by atoms with van der Waals surface area (Å²) in [6.07, 6.45) is 11.2. The predicted octanol–water partition coefficient (Wildman–Crippen LogP) is 5.93. The van der Waals surface area contributed by atoms with Gasteiger partial charge in [-0.3, -0.25) is 4.79 Å². The third-order valence-corrected chi connectivity index (χ3v) is 5.05. The van der Waals surface area contributed by atoms with Crippen LogP contribution in [0.5, 0.6) is 0 Å². The Balaban J connectivity index is 1.87. The number of likely N-dealkylation sites (N-methyl/N-ethyl adjacent to an activating group) is 1. The molecule has 0 aromatic heterocycles. The van der Waals surface area contributed by atoms with Gasteiger partial charge in [0, 0.05) is 13.6 Å². The topological polar surface area (TPSA) is 20.3 Å².